The van der Waals surface area contributed by atoms with Gasteiger partial charge >= 0.3 is 0 Å². The summed E-state index contributed by atoms with van der Waals surface area (Å²) in [6, 6.07) is 10.2. The Morgan fingerprint density at radius 2 is 1.65 bits per heavy atom. The number of hydrogen-bond acceptors (Lipinski definition) is 2. The quantitative estimate of drug-likeness (QED) is 0.846. The van der Waals surface area contributed by atoms with E-state index in [2.05, 4.69) is 37.8 Å². The maximum Gasteiger partial charge on any atom is 0.222 e. The molecule has 0 aliphatic carbocycles. The predicted molar refractivity (Wildman–Crippen MR) is 82.7 cm³/mol. The van der Waals surface area contributed by atoms with Crippen molar-refractivity contribution in [3.05, 3.63) is 35.9 Å². The maximum atomic E-state index is 12.2. The minimum atomic E-state index is 0.208. The summed E-state index contributed by atoms with van der Waals surface area (Å²) in [6.07, 6.45) is 1.47. The third-order valence-corrected chi connectivity index (χ3v) is 4.05. The van der Waals surface area contributed by atoms with Crippen molar-refractivity contribution >= 4 is 5.91 Å². The van der Waals surface area contributed by atoms with Gasteiger partial charge in [0.15, 0.2) is 0 Å². The van der Waals surface area contributed by atoms with Gasteiger partial charge in [0.25, 0.3) is 0 Å². The largest absolute Gasteiger partial charge is 0.340 e. The summed E-state index contributed by atoms with van der Waals surface area (Å²) >= 11 is 0. The average molecular weight is 274 g/mol. The standard InChI is InChI=1S/C17H26N2O/c1-17(2,3)19-13-11-18(12-14-19)16(20)10-9-15-7-5-4-6-8-15/h4-8H,9-14H2,1-3H3. The summed E-state index contributed by atoms with van der Waals surface area (Å²) < 4.78 is 0. The Morgan fingerprint density at radius 1 is 1.05 bits per heavy atom. The molecular weight excluding hydrogens is 248 g/mol. The van der Waals surface area contributed by atoms with E-state index in [9.17, 15) is 4.79 Å². The molecule has 0 aromatic heterocycles. The minimum absolute atomic E-state index is 0.208. The van der Waals surface area contributed by atoms with Crippen LogP contribution in [0.15, 0.2) is 30.3 Å². The highest BCUT2D eigenvalue weighted by atomic mass is 16.2. The van der Waals surface area contributed by atoms with Gasteiger partial charge in [0.2, 0.25) is 5.91 Å². The van der Waals surface area contributed by atoms with E-state index in [-0.39, 0.29) is 5.54 Å². The van der Waals surface area contributed by atoms with E-state index < -0.39 is 0 Å². The number of nitrogens with zero attached hydrogens (tertiary/aromatic N) is 2. The number of piperazine rings is 1. The molecule has 0 N–H and O–H groups in total. The zero-order chi connectivity index (χ0) is 14.6. The minimum Gasteiger partial charge on any atom is -0.340 e. The fraction of sp³-hybridized carbons (Fsp3) is 0.588. The molecular formula is C17H26N2O. The van der Waals surface area contributed by atoms with Crippen LogP contribution in [0.1, 0.15) is 32.8 Å². The lowest BCUT2D eigenvalue weighted by molar-refractivity contribution is -0.133. The number of carbonyl (C=O) groups is 1. The Morgan fingerprint density at radius 3 is 2.20 bits per heavy atom. The molecule has 1 saturated heterocycles. The number of hydrogen-bond donors (Lipinski definition) is 0. The number of rotatable bonds is 3. The molecule has 1 aliphatic heterocycles. The van der Waals surface area contributed by atoms with Crippen molar-refractivity contribution in [3.63, 3.8) is 0 Å². The Hall–Kier alpha value is -1.35. The second-order valence-electron chi connectivity index (χ2n) is 6.52. The van der Waals surface area contributed by atoms with Crippen LogP contribution in [0, 0.1) is 0 Å². The van der Waals surface area contributed by atoms with Crippen LogP contribution in [0.2, 0.25) is 0 Å². The summed E-state index contributed by atoms with van der Waals surface area (Å²) in [7, 11) is 0. The molecule has 1 aromatic rings. The van der Waals surface area contributed by atoms with Crippen molar-refractivity contribution < 1.29 is 4.79 Å². The second kappa shape index (κ2) is 6.40. The summed E-state index contributed by atoms with van der Waals surface area (Å²) in [5.41, 5.74) is 1.45. The van der Waals surface area contributed by atoms with Crippen molar-refractivity contribution in [1.82, 2.24) is 9.80 Å². The van der Waals surface area contributed by atoms with Crippen LogP contribution < -0.4 is 0 Å². The van der Waals surface area contributed by atoms with E-state index in [0.29, 0.717) is 12.3 Å². The normalized spacial score (nSPS) is 17.2. The number of aryl methyl sites for hydroxylation is 1. The van der Waals surface area contributed by atoms with Crippen LogP contribution in [0.5, 0.6) is 0 Å². The first-order valence-electron chi connectivity index (χ1n) is 7.53. The van der Waals surface area contributed by atoms with E-state index >= 15 is 0 Å². The van der Waals surface area contributed by atoms with E-state index in [4.69, 9.17) is 0 Å². The van der Waals surface area contributed by atoms with Gasteiger partial charge in [-0.2, -0.15) is 0 Å². The molecule has 1 fully saturated rings. The SMILES string of the molecule is CC(C)(C)N1CCN(C(=O)CCc2ccccc2)CC1. The van der Waals surface area contributed by atoms with Crippen LogP contribution >= 0.6 is 0 Å². The summed E-state index contributed by atoms with van der Waals surface area (Å²) in [6.45, 7) is 10.4. The molecule has 1 aromatic carbocycles. The molecule has 110 valence electrons. The van der Waals surface area contributed by atoms with E-state index in [1.165, 1.54) is 5.56 Å². The van der Waals surface area contributed by atoms with Crippen LogP contribution in [-0.4, -0.2) is 47.4 Å². The van der Waals surface area contributed by atoms with Gasteiger partial charge in [0, 0.05) is 38.1 Å². The fourth-order valence-corrected chi connectivity index (χ4v) is 2.68. The zero-order valence-corrected chi connectivity index (χ0v) is 12.9. The molecule has 0 atom stereocenters. The molecule has 1 amide bonds. The van der Waals surface area contributed by atoms with Crippen molar-refractivity contribution in [2.24, 2.45) is 0 Å². The highest BCUT2D eigenvalue weighted by molar-refractivity contribution is 5.76. The van der Waals surface area contributed by atoms with Crippen LogP contribution in [0.3, 0.4) is 0 Å². The molecule has 0 saturated carbocycles. The lowest BCUT2D eigenvalue weighted by atomic mass is 10.0. The van der Waals surface area contributed by atoms with Crippen LogP contribution in [-0.2, 0) is 11.2 Å². The van der Waals surface area contributed by atoms with Crippen LogP contribution in [0.25, 0.3) is 0 Å². The van der Waals surface area contributed by atoms with Gasteiger partial charge in [-0.25, -0.2) is 0 Å². The first-order chi connectivity index (χ1) is 9.47. The smallest absolute Gasteiger partial charge is 0.222 e. The molecule has 0 spiro atoms. The third kappa shape index (κ3) is 4.07. The molecule has 0 bridgehead atoms. The van der Waals surface area contributed by atoms with Gasteiger partial charge in [0.05, 0.1) is 0 Å². The number of carbonyl (C=O) groups excluding carboxylic acids is 1. The maximum absolute atomic E-state index is 12.2. The molecule has 3 nitrogen and oxygen atoms in total. The number of amides is 1. The predicted octanol–water partition coefficient (Wildman–Crippen LogP) is 2.56. The van der Waals surface area contributed by atoms with Gasteiger partial charge in [-0.15, -0.1) is 0 Å². The Balaban J connectivity index is 1.78. The van der Waals surface area contributed by atoms with Crippen molar-refractivity contribution in [3.8, 4) is 0 Å². The molecule has 20 heavy (non-hydrogen) atoms. The Bertz CT molecular complexity index is 428. The molecule has 0 radical (unpaired) electrons. The Kier molecular flexibility index (Phi) is 4.81. The van der Waals surface area contributed by atoms with Crippen molar-refractivity contribution in [1.29, 1.82) is 0 Å². The first-order valence-corrected chi connectivity index (χ1v) is 7.53. The summed E-state index contributed by atoms with van der Waals surface area (Å²) in [4.78, 5) is 16.7. The van der Waals surface area contributed by atoms with Gasteiger partial charge < -0.3 is 4.90 Å². The van der Waals surface area contributed by atoms with Gasteiger partial charge in [-0.05, 0) is 32.8 Å². The zero-order valence-electron chi connectivity index (χ0n) is 12.9. The lowest BCUT2D eigenvalue weighted by Crippen LogP contribution is -2.54. The summed E-state index contributed by atoms with van der Waals surface area (Å²) in [5.74, 6) is 0.294. The molecule has 3 heteroatoms. The third-order valence-electron chi connectivity index (χ3n) is 4.05. The number of benzene rings is 1. The van der Waals surface area contributed by atoms with Gasteiger partial charge in [-0.3, -0.25) is 9.69 Å². The highest BCUT2D eigenvalue weighted by Crippen LogP contribution is 2.16. The fourth-order valence-electron chi connectivity index (χ4n) is 2.68. The Labute approximate surface area is 122 Å². The van der Waals surface area contributed by atoms with E-state index in [0.717, 1.165) is 32.6 Å². The molecule has 0 unspecified atom stereocenters. The topological polar surface area (TPSA) is 23.6 Å². The van der Waals surface area contributed by atoms with Crippen molar-refractivity contribution in [2.45, 2.75) is 39.2 Å². The summed E-state index contributed by atoms with van der Waals surface area (Å²) in [5, 5.41) is 0. The molecule has 2 rings (SSSR count). The van der Waals surface area contributed by atoms with Gasteiger partial charge in [-0.1, -0.05) is 30.3 Å². The lowest BCUT2D eigenvalue weighted by Gasteiger charge is -2.42. The van der Waals surface area contributed by atoms with Crippen molar-refractivity contribution in [2.75, 3.05) is 26.2 Å². The monoisotopic (exact) mass is 274 g/mol. The second-order valence-corrected chi connectivity index (χ2v) is 6.52. The van der Waals surface area contributed by atoms with Gasteiger partial charge in [0.1, 0.15) is 0 Å². The average Bonchev–Trinajstić information content (AvgIpc) is 2.45. The molecule has 1 aliphatic rings. The highest BCUT2D eigenvalue weighted by Gasteiger charge is 2.27. The first kappa shape index (κ1) is 15.0. The molecule has 1 heterocycles. The van der Waals surface area contributed by atoms with Crippen LogP contribution in [0.4, 0.5) is 0 Å². The van der Waals surface area contributed by atoms with E-state index in [1.54, 1.807) is 0 Å². The van der Waals surface area contributed by atoms with E-state index in [1.807, 2.05) is 23.1 Å².